The van der Waals surface area contributed by atoms with Crippen molar-refractivity contribution in [2.45, 2.75) is 18.9 Å². The maximum atomic E-state index is 11.0. The Morgan fingerprint density at radius 2 is 2.25 bits per heavy atom. The van der Waals surface area contributed by atoms with Crippen molar-refractivity contribution >= 4 is 25.8 Å². The molecule has 1 atom stereocenters. The molecule has 0 amide bonds. The Kier molecular flexibility index (Phi) is 5.01. The molecule has 1 N–H and O–H groups in total. The van der Waals surface area contributed by atoms with Gasteiger partial charge in [-0.05, 0) is 41.9 Å². The van der Waals surface area contributed by atoms with Gasteiger partial charge < -0.3 is 9.73 Å². The molecule has 1 aromatic heterocycles. The molecule has 1 aromatic rings. The first-order chi connectivity index (χ1) is 7.44. The number of halogens is 1. The number of hydrogen-bond donors (Lipinski definition) is 1. The number of furan rings is 1. The van der Waals surface area contributed by atoms with Crippen LogP contribution in [0.1, 0.15) is 24.4 Å². The van der Waals surface area contributed by atoms with E-state index in [-0.39, 0.29) is 11.8 Å². The maximum Gasteiger partial charge on any atom is 0.173 e. The highest BCUT2D eigenvalue weighted by atomic mass is 79.9. The summed E-state index contributed by atoms with van der Waals surface area (Å²) in [6, 6.07) is 2.00. The van der Waals surface area contributed by atoms with E-state index in [1.807, 2.05) is 13.1 Å². The maximum absolute atomic E-state index is 11.0. The van der Waals surface area contributed by atoms with Crippen molar-refractivity contribution < 1.29 is 12.8 Å². The van der Waals surface area contributed by atoms with Crippen LogP contribution in [-0.4, -0.2) is 27.5 Å². The van der Waals surface area contributed by atoms with Crippen LogP contribution in [0.5, 0.6) is 0 Å². The van der Waals surface area contributed by atoms with Gasteiger partial charge in [-0.25, -0.2) is 8.42 Å². The lowest BCUT2D eigenvalue weighted by Crippen LogP contribution is -2.17. The van der Waals surface area contributed by atoms with Crippen LogP contribution >= 0.6 is 15.9 Å². The number of sulfone groups is 1. The predicted molar refractivity (Wildman–Crippen MR) is 67.2 cm³/mol. The lowest BCUT2D eigenvalue weighted by atomic mass is 10.1. The number of nitrogens with one attached hydrogen (secondary N) is 1. The van der Waals surface area contributed by atoms with Crippen LogP contribution < -0.4 is 5.32 Å². The van der Waals surface area contributed by atoms with Crippen LogP contribution in [0.2, 0.25) is 0 Å². The zero-order valence-corrected chi connectivity index (χ0v) is 11.8. The molecule has 0 saturated heterocycles. The zero-order chi connectivity index (χ0) is 12.2. The highest BCUT2D eigenvalue weighted by molar-refractivity contribution is 9.10. The SMILES string of the molecule is CNC(CCCS(C)(=O)=O)c1ccoc1Br. The van der Waals surface area contributed by atoms with Gasteiger partial charge in [-0.1, -0.05) is 0 Å². The van der Waals surface area contributed by atoms with Crippen LogP contribution in [0, 0.1) is 0 Å². The fourth-order valence-corrected chi connectivity index (χ4v) is 2.77. The average Bonchev–Trinajstić information content (AvgIpc) is 2.58. The fraction of sp³-hybridized carbons (Fsp3) is 0.600. The molecule has 1 unspecified atom stereocenters. The van der Waals surface area contributed by atoms with Crippen molar-refractivity contribution in [3.8, 4) is 0 Å². The lowest BCUT2D eigenvalue weighted by molar-refractivity contribution is 0.501. The third-order valence-electron chi connectivity index (χ3n) is 2.38. The zero-order valence-electron chi connectivity index (χ0n) is 9.36. The van der Waals surface area contributed by atoms with Crippen molar-refractivity contribution in [3.63, 3.8) is 0 Å². The van der Waals surface area contributed by atoms with E-state index >= 15 is 0 Å². The normalized spacial score (nSPS) is 13.9. The lowest BCUT2D eigenvalue weighted by Gasteiger charge is -2.14. The molecule has 1 rings (SSSR count). The van der Waals surface area contributed by atoms with Crippen molar-refractivity contribution in [3.05, 3.63) is 22.6 Å². The molecule has 0 spiro atoms. The Morgan fingerprint density at radius 3 is 2.69 bits per heavy atom. The van der Waals surface area contributed by atoms with Crippen LogP contribution in [0.15, 0.2) is 21.4 Å². The van der Waals surface area contributed by atoms with E-state index in [2.05, 4.69) is 21.2 Å². The molecule has 0 saturated carbocycles. The molecule has 6 heteroatoms. The summed E-state index contributed by atoms with van der Waals surface area (Å²) >= 11 is 3.31. The van der Waals surface area contributed by atoms with Crippen molar-refractivity contribution in [2.24, 2.45) is 0 Å². The summed E-state index contributed by atoms with van der Waals surface area (Å²) in [5.41, 5.74) is 1.02. The van der Waals surface area contributed by atoms with Gasteiger partial charge in [-0.2, -0.15) is 0 Å². The van der Waals surface area contributed by atoms with Gasteiger partial charge in [0.1, 0.15) is 9.84 Å². The quantitative estimate of drug-likeness (QED) is 0.874. The molecule has 0 bridgehead atoms. The second kappa shape index (κ2) is 5.84. The molecule has 92 valence electrons. The molecule has 4 nitrogen and oxygen atoms in total. The third-order valence-corrected chi connectivity index (χ3v) is 4.05. The van der Waals surface area contributed by atoms with Gasteiger partial charge >= 0.3 is 0 Å². The summed E-state index contributed by atoms with van der Waals surface area (Å²) in [5, 5.41) is 3.15. The molecule has 0 fully saturated rings. The largest absolute Gasteiger partial charge is 0.457 e. The molecule has 0 aromatic carbocycles. The molecular weight excluding hydrogens is 294 g/mol. The minimum absolute atomic E-state index is 0.120. The van der Waals surface area contributed by atoms with E-state index in [9.17, 15) is 8.42 Å². The smallest absolute Gasteiger partial charge is 0.173 e. The standard InChI is InChI=1S/C10H16BrNO3S/c1-12-9(4-3-7-16(2,13)14)8-5-6-15-10(8)11/h5-6,9,12H,3-4,7H2,1-2H3. The van der Waals surface area contributed by atoms with Crippen LogP contribution in [0.25, 0.3) is 0 Å². The summed E-state index contributed by atoms with van der Waals surface area (Å²) in [4.78, 5) is 0. The summed E-state index contributed by atoms with van der Waals surface area (Å²) < 4.78 is 27.9. The minimum atomic E-state index is -2.87. The van der Waals surface area contributed by atoms with Crippen LogP contribution in [0.3, 0.4) is 0 Å². The Bertz CT molecular complexity index is 427. The van der Waals surface area contributed by atoms with Gasteiger partial charge in [0.15, 0.2) is 4.67 Å². The van der Waals surface area contributed by atoms with Crippen LogP contribution in [-0.2, 0) is 9.84 Å². The van der Waals surface area contributed by atoms with E-state index in [1.54, 1.807) is 6.26 Å². The second-order valence-corrected chi connectivity index (χ2v) is 6.74. The van der Waals surface area contributed by atoms with Crippen LogP contribution in [0.4, 0.5) is 0 Å². The van der Waals surface area contributed by atoms with Crippen molar-refractivity contribution in [1.82, 2.24) is 5.32 Å². The van der Waals surface area contributed by atoms with E-state index in [0.29, 0.717) is 11.1 Å². The molecular formula is C10H16BrNO3S. The first-order valence-corrected chi connectivity index (χ1v) is 7.87. The van der Waals surface area contributed by atoms with Crippen molar-refractivity contribution in [2.75, 3.05) is 19.1 Å². The highest BCUT2D eigenvalue weighted by Crippen LogP contribution is 2.27. The minimum Gasteiger partial charge on any atom is -0.457 e. The monoisotopic (exact) mass is 309 g/mol. The van der Waals surface area contributed by atoms with Gasteiger partial charge in [0.05, 0.1) is 6.26 Å². The molecule has 1 heterocycles. The van der Waals surface area contributed by atoms with E-state index in [0.717, 1.165) is 12.0 Å². The summed E-state index contributed by atoms with van der Waals surface area (Å²) in [7, 11) is -1.02. The highest BCUT2D eigenvalue weighted by Gasteiger charge is 2.15. The molecule has 0 aliphatic rings. The van der Waals surface area contributed by atoms with Gasteiger partial charge in [-0.15, -0.1) is 0 Å². The Hall–Kier alpha value is -0.330. The average molecular weight is 310 g/mol. The summed E-state index contributed by atoms with van der Waals surface area (Å²) in [6.45, 7) is 0. The first-order valence-electron chi connectivity index (χ1n) is 5.02. The second-order valence-electron chi connectivity index (χ2n) is 3.76. The van der Waals surface area contributed by atoms with Crippen molar-refractivity contribution in [1.29, 1.82) is 0 Å². The van der Waals surface area contributed by atoms with Gasteiger partial charge in [0.2, 0.25) is 0 Å². The summed E-state index contributed by atoms with van der Waals surface area (Å²) in [6.07, 6.45) is 4.28. The third kappa shape index (κ3) is 4.27. The van der Waals surface area contributed by atoms with Gasteiger partial charge in [0, 0.05) is 23.6 Å². The van der Waals surface area contributed by atoms with Gasteiger partial charge in [0.25, 0.3) is 0 Å². The molecule has 0 radical (unpaired) electrons. The van der Waals surface area contributed by atoms with Gasteiger partial charge in [-0.3, -0.25) is 0 Å². The Balaban J connectivity index is 2.54. The van der Waals surface area contributed by atoms with E-state index in [4.69, 9.17) is 4.42 Å². The number of hydrogen-bond acceptors (Lipinski definition) is 4. The van der Waals surface area contributed by atoms with E-state index < -0.39 is 9.84 Å². The Labute approximate surface area is 104 Å². The fourth-order valence-electron chi connectivity index (χ4n) is 1.56. The predicted octanol–water partition coefficient (Wildman–Crippen LogP) is 2.13. The molecule has 0 aliphatic heterocycles. The number of rotatable bonds is 6. The Morgan fingerprint density at radius 1 is 1.56 bits per heavy atom. The summed E-state index contributed by atoms with van der Waals surface area (Å²) in [5.74, 6) is 0.223. The molecule has 16 heavy (non-hydrogen) atoms. The van der Waals surface area contributed by atoms with E-state index in [1.165, 1.54) is 6.26 Å². The first kappa shape index (κ1) is 13.7. The molecule has 0 aliphatic carbocycles. The topological polar surface area (TPSA) is 59.3 Å².